The summed E-state index contributed by atoms with van der Waals surface area (Å²) in [5, 5.41) is 4.04. The zero-order chi connectivity index (χ0) is 27.5. The topological polar surface area (TPSA) is 144 Å². The Hall–Kier alpha value is -4.31. The third kappa shape index (κ3) is 5.20. The SMILES string of the molecule is CCc1ccccc1N(C(=O)c1snc(C(N)=O)c1N)C(C(=O)NC1CCCC1)c1ccc2ncccc2c1. The first-order valence-corrected chi connectivity index (χ1v) is 13.8. The number of benzene rings is 2. The first kappa shape index (κ1) is 26.3. The molecule has 0 aliphatic heterocycles. The molecule has 0 radical (unpaired) electrons. The molecule has 1 unspecified atom stereocenters. The lowest BCUT2D eigenvalue weighted by Gasteiger charge is -2.33. The minimum atomic E-state index is -1.02. The maximum atomic E-state index is 14.4. The van der Waals surface area contributed by atoms with E-state index in [1.165, 1.54) is 4.90 Å². The second-order valence-electron chi connectivity index (χ2n) is 9.64. The van der Waals surface area contributed by atoms with Gasteiger partial charge in [-0.2, -0.15) is 4.37 Å². The van der Waals surface area contributed by atoms with Gasteiger partial charge in [-0.15, -0.1) is 0 Å². The Morgan fingerprint density at radius 2 is 1.87 bits per heavy atom. The number of primary amides is 1. The molecule has 9 nitrogen and oxygen atoms in total. The van der Waals surface area contributed by atoms with Crippen molar-refractivity contribution in [3.8, 4) is 0 Å². The summed E-state index contributed by atoms with van der Waals surface area (Å²) in [6.45, 7) is 1.99. The quantitative estimate of drug-likeness (QED) is 0.301. The van der Waals surface area contributed by atoms with E-state index in [1.807, 2.05) is 61.5 Å². The Morgan fingerprint density at radius 1 is 1.10 bits per heavy atom. The van der Waals surface area contributed by atoms with Gasteiger partial charge in [-0.1, -0.05) is 50.1 Å². The number of nitrogens with one attached hydrogen (secondary N) is 1. The predicted molar refractivity (Wildman–Crippen MR) is 153 cm³/mol. The van der Waals surface area contributed by atoms with Crippen LogP contribution in [0.3, 0.4) is 0 Å². The van der Waals surface area contributed by atoms with Crippen molar-refractivity contribution in [2.45, 2.75) is 51.1 Å². The summed E-state index contributed by atoms with van der Waals surface area (Å²) in [5.74, 6) is -1.64. The van der Waals surface area contributed by atoms with Gasteiger partial charge in [0.25, 0.3) is 11.8 Å². The van der Waals surface area contributed by atoms with Crippen LogP contribution < -0.4 is 21.7 Å². The number of pyridine rings is 1. The van der Waals surface area contributed by atoms with E-state index in [2.05, 4.69) is 14.7 Å². The minimum Gasteiger partial charge on any atom is -0.395 e. The van der Waals surface area contributed by atoms with Crippen LogP contribution in [-0.4, -0.2) is 33.1 Å². The van der Waals surface area contributed by atoms with Gasteiger partial charge in [0.05, 0.1) is 11.2 Å². The van der Waals surface area contributed by atoms with Crippen LogP contribution in [0.15, 0.2) is 60.8 Å². The average molecular weight is 543 g/mol. The van der Waals surface area contributed by atoms with Crippen LogP contribution in [0, 0.1) is 0 Å². The van der Waals surface area contributed by atoms with Crippen molar-refractivity contribution >= 4 is 51.5 Å². The summed E-state index contributed by atoms with van der Waals surface area (Å²) in [6, 6.07) is 15.8. The number of aromatic nitrogens is 2. The number of nitrogen functional groups attached to an aromatic ring is 1. The van der Waals surface area contributed by atoms with Crippen LogP contribution in [0.2, 0.25) is 0 Å². The predicted octanol–water partition coefficient (Wildman–Crippen LogP) is 4.38. The zero-order valence-electron chi connectivity index (χ0n) is 21.6. The molecule has 5 N–H and O–H groups in total. The molecule has 2 aromatic heterocycles. The molecule has 0 bridgehead atoms. The summed E-state index contributed by atoms with van der Waals surface area (Å²) >= 11 is 0.800. The number of aryl methyl sites for hydroxylation is 1. The maximum absolute atomic E-state index is 14.4. The van der Waals surface area contributed by atoms with E-state index in [9.17, 15) is 14.4 Å². The summed E-state index contributed by atoms with van der Waals surface area (Å²) in [4.78, 5) is 46.3. The average Bonchev–Trinajstić information content (AvgIpc) is 3.60. The van der Waals surface area contributed by atoms with Crippen LogP contribution in [0.25, 0.3) is 10.9 Å². The van der Waals surface area contributed by atoms with Crippen molar-refractivity contribution < 1.29 is 14.4 Å². The first-order chi connectivity index (χ1) is 18.9. The number of para-hydroxylation sites is 1. The van der Waals surface area contributed by atoms with Crippen molar-refractivity contribution in [3.05, 3.63) is 82.5 Å². The van der Waals surface area contributed by atoms with Crippen molar-refractivity contribution in [1.82, 2.24) is 14.7 Å². The van der Waals surface area contributed by atoms with Crippen LogP contribution in [0.4, 0.5) is 11.4 Å². The molecule has 1 atom stereocenters. The van der Waals surface area contributed by atoms with Gasteiger partial charge in [-0.3, -0.25) is 24.3 Å². The van der Waals surface area contributed by atoms with E-state index in [4.69, 9.17) is 11.5 Å². The molecule has 0 spiro atoms. The van der Waals surface area contributed by atoms with Crippen LogP contribution in [0.1, 0.15) is 69.9 Å². The fourth-order valence-electron chi connectivity index (χ4n) is 5.18. The Morgan fingerprint density at radius 3 is 2.59 bits per heavy atom. The Kier molecular flexibility index (Phi) is 7.56. The highest BCUT2D eigenvalue weighted by Gasteiger charge is 2.37. The van der Waals surface area contributed by atoms with Gasteiger partial charge in [0.15, 0.2) is 5.69 Å². The van der Waals surface area contributed by atoms with Crippen molar-refractivity contribution in [1.29, 1.82) is 0 Å². The number of anilines is 2. The van der Waals surface area contributed by atoms with Gasteiger partial charge in [0.1, 0.15) is 10.9 Å². The number of rotatable bonds is 8. The Balaban J connectivity index is 1.70. The lowest BCUT2D eigenvalue weighted by Crippen LogP contribution is -2.46. The zero-order valence-corrected chi connectivity index (χ0v) is 22.4. The number of nitrogens with two attached hydrogens (primary N) is 2. The fraction of sp³-hybridized carbons (Fsp3) is 0.276. The Labute approximate surface area is 230 Å². The molecule has 200 valence electrons. The maximum Gasteiger partial charge on any atom is 0.273 e. The molecule has 39 heavy (non-hydrogen) atoms. The van der Waals surface area contributed by atoms with Gasteiger partial charge in [-0.05, 0) is 66.2 Å². The molecule has 3 amide bonds. The Bertz CT molecular complexity index is 1550. The smallest absolute Gasteiger partial charge is 0.273 e. The molecular weight excluding hydrogens is 512 g/mol. The van der Waals surface area contributed by atoms with Gasteiger partial charge >= 0.3 is 0 Å². The third-order valence-electron chi connectivity index (χ3n) is 7.16. The van der Waals surface area contributed by atoms with E-state index in [-0.39, 0.29) is 28.2 Å². The summed E-state index contributed by atoms with van der Waals surface area (Å²) in [6.07, 6.45) is 6.22. The molecule has 1 aliphatic rings. The summed E-state index contributed by atoms with van der Waals surface area (Å²) in [5.41, 5.74) is 14.3. The molecule has 1 saturated carbocycles. The molecule has 1 fully saturated rings. The van der Waals surface area contributed by atoms with E-state index in [0.717, 1.165) is 53.7 Å². The van der Waals surface area contributed by atoms with E-state index < -0.39 is 17.9 Å². The largest absolute Gasteiger partial charge is 0.395 e. The monoisotopic (exact) mass is 542 g/mol. The molecular formula is C29H30N6O3S. The van der Waals surface area contributed by atoms with E-state index >= 15 is 0 Å². The standard InChI is InChI=1S/C29H30N6O3S/c1-2-17-8-3-6-12-22(17)35(29(38)26-23(30)24(27(31)36)34-39-26)25(28(37)33-20-10-4-5-11-20)19-13-14-21-18(16-19)9-7-15-32-21/h3,6-9,12-16,20,25H,2,4-5,10-11,30H2,1H3,(H2,31,36)(H,33,37). The number of nitrogens with zero attached hydrogens (tertiary/aromatic N) is 3. The second-order valence-corrected chi connectivity index (χ2v) is 10.4. The lowest BCUT2D eigenvalue weighted by molar-refractivity contribution is -0.123. The highest BCUT2D eigenvalue weighted by molar-refractivity contribution is 7.09. The highest BCUT2D eigenvalue weighted by atomic mass is 32.1. The van der Waals surface area contributed by atoms with E-state index in [0.29, 0.717) is 17.7 Å². The van der Waals surface area contributed by atoms with Gasteiger partial charge in [0, 0.05) is 23.3 Å². The number of hydrogen-bond acceptors (Lipinski definition) is 7. The van der Waals surface area contributed by atoms with Gasteiger partial charge in [0.2, 0.25) is 5.91 Å². The molecule has 0 saturated heterocycles. The van der Waals surface area contributed by atoms with Crippen LogP contribution >= 0.6 is 11.5 Å². The lowest BCUT2D eigenvalue weighted by atomic mass is 9.98. The first-order valence-electron chi connectivity index (χ1n) is 13.0. The summed E-state index contributed by atoms with van der Waals surface area (Å²) < 4.78 is 4.04. The minimum absolute atomic E-state index is 0.0374. The van der Waals surface area contributed by atoms with Crippen molar-refractivity contribution in [2.24, 2.45) is 5.73 Å². The molecule has 1 aliphatic carbocycles. The molecule has 5 rings (SSSR count). The molecule has 4 aromatic rings. The molecule has 2 aromatic carbocycles. The number of fused-ring (bicyclic) bond motifs is 1. The molecule has 10 heteroatoms. The number of amides is 3. The third-order valence-corrected chi connectivity index (χ3v) is 8.01. The molecule has 2 heterocycles. The number of carbonyl (C=O) groups excluding carboxylic acids is 3. The van der Waals surface area contributed by atoms with E-state index in [1.54, 1.807) is 6.20 Å². The summed E-state index contributed by atoms with van der Waals surface area (Å²) in [7, 11) is 0. The van der Waals surface area contributed by atoms with Gasteiger partial charge < -0.3 is 16.8 Å². The highest BCUT2D eigenvalue weighted by Crippen LogP contribution is 2.36. The number of hydrogen-bond donors (Lipinski definition) is 3. The van der Waals surface area contributed by atoms with Crippen molar-refractivity contribution in [3.63, 3.8) is 0 Å². The van der Waals surface area contributed by atoms with Crippen LogP contribution in [-0.2, 0) is 11.2 Å². The number of carbonyl (C=O) groups is 3. The normalized spacial score (nSPS) is 14.3. The fourth-order valence-corrected chi connectivity index (χ4v) is 5.92. The van der Waals surface area contributed by atoms with Crippen molar-refractivity contribution in [2.75, 3.05) is 10.6 Å². The second kappa shape index (κ2) is 11.2. The van der Waals surface area contributed by atoms with Crippen LogP contribution in [0.5, 0.6) is 0 Å². The van der Waals surface area contributed by atoms with Gasteiger partial charge in [-0.25, -0.2) is 0 Å².